The van der Waals surface area contributed by atoms with Gasteiger partial charge in [-0.15, -0.1) is 11.3 Å². The van der Waals surface area contributed by atoms with Crippen LogP contribution >= 0.6 is 22.9 Å². The van der Waals surface area contributed by atoms with Crippen LogP contribution in [-0.4, -0.2) is 15.7 Å². The Bertz CT molecular complexity index is 930. The second-order valence-corrected chi connectivity index (χ2v) is 7.40. The molecule has 0 aliphatic carbocycles. The molecule has 6 heteroatoms. The van der Waals surface area contributed by atoms with E-state index in [0.717, 1.165) is 28.3 Å². The fourth-order valence-electron chi connectivity index (χ4n) is 3.18. The zero-order valence-electron chi connectivity index (χ0n) is 13.3. The van der Waals surface area contributed by atoms with Gasteiger partial charge in [0.25, 0.3) is 0 Å². The van der Waals surface area contributed by atoms with Crippen molar-refractivity contribution < 1.29 is 4.79 Å². The average molecular weight is 358 g/mol. The molecule has 2 aromatic heterocycles. The number of hydrogen-bond donors (Lipinski definition) is 1. The normalized spacial score (nSPS) is 16.8. The summed E-state index contributed by atoms with van der Waals surface area (Å²) < 4.78 is 1.79. The summed E-state index contributed by atoms with van der Waals surface area (Å²) in [7, 11) is 0. The third-order valence-electron chi connectivity index (χ3n) is 4.39. The Labute approximate surface area is 149 Å². The van der Waals surface area contributed by atoms with Gasteiger partial charge in [-0.3, -0.25) is 4.79 Å². The molecule has 0 bridgehead atoms. The number of halogens is 1. The van der Waals surface area contributed by atoms with Crippen molar-refractivity contribution in [1.82, 2.24) is 9.78 Å². The lowest BCUT2D eigenvalue weighted by molar-refractivity contribution is -0.116. The summed E-state index contributed by atoms with van der Waals surface area (Å²) in [4.78, 5) is 13.5. The predicted octanol–water partition coefficient (Wildman–Crippen LogP) is 4.68. The Morgan fingerprint density at radius 3 is 2.88 bits per heavy atom. The number of amides is 1. The number of anilines is 1. The zero-order chi connectivity index (χ0) is 16.8. The first kappa shape index (κ1) is 15.4. The number of benzene rings is 1. The molecule has 4 nitrogen and oxygen atoms in total. The molecule has 1 unspecified atom stereocenters. The molecule has 24 heavy (non-hydrogen) atoms. The molecule has 1 aromatic carbocycles. The molecule has 1 aliphatic heterocycles. The topological polar surface area (TPSA) is 46.9 Å². The van der Waals surface area contributed by atoms with Crippen molar-refractivity contribution in [2.45, 2.75) is 26.2 Å². The van der Waals surface area contributed by atoms with E-state index in [1.54, 1.807) is 16.0 Å². The summed E-state index contributed by atoms with van der Waals surface area (Å²) in [6, 6.07) is 9.91. The van der Waals surface area contributed by atoms with Crippen molar-refractivity contribution in [2.75, 3.05) is 5.32 Å². The Hall–Kier alpha value is -2.11. The Balaban J connectivity index is 1.89. The van der Waals surface area contributed by atoms with Crippen molar-refractivity contribution in [2.24, 2.45) is 0 Å². The van der Waals surface area contributed by atoms with Crippen LogP contribution in [-0.2, 0) is 4.79 Å². The van der Waals surface area contributed by atoms with E-state index in [4.69, 9.17) is 11.6 Å². The molecule has 1 atom stereocenters. The first-order valence-corrected chi connectivity index (χ1v) is 8.99. The monoisotopic (exact) mass is 357 g/mol. The maximum atomic E-state index is 12.3. The number of thiophene rings is 1. The summed E-state index contributed by atoms with van der Waals surface area (Å²) in [6.07, 6.45) is 0.453. The van der Waals surface area contributed by atoms with Gasteiger partial charge in [-0.05, 0) is 43.0 Å². The van der Waals surface area contributed by atoms with Crippen molar-refractivity contribution in [3.63, 3.8) is 0 Å². The molecule has 0 saturated heterocycles. The van der Waals surface area contributed by atoms with Gasteiger partial charge in [0.05, 0.1) is 11.4 Å². The number of fused-ring (bicyclic) bond motifs is 1. The highest BCUT2D eigenvalue weighted by atomic mass is 35.5. The molecular formula is C18H16ClN3OS. The highest BCUT2D eigenvalue weighted by Crippen LogP contribution is 2.41. The van der Waals surface area contributed by atoms with Gasteiger partial charge in [0, 0.05) is 27.8 Å². The van der Waals surface area contributed by atoms with Gasteiger partial charge in [0.1, 0.15) is 5.82 Å². The van der Waals surface area contributed by atoms with Crippen molar-refractivity contribution in [1.29, 1.82) is 0 Å². The minimum atomic E-state index is 0.0141. The lowest BCUT2D eigenvalue weighted by atomic mass is 9.91. The van der Waals surface area contributed by atoms with E-state index in [9.17, 15) is 4.79 Å². The molecule has 1 amide bonds. The first-order valence-electron chi connectivity index (χ1n) is 7.74. The molecule has 0 spiro atoms. The van der Waals surface area contributed by atoms with Crippen LogP contribution in [0.3, 0.4) is 0 Å². The highest BCUT2D eigenvalue weighted by Gasteiger charge is 2.33. The summed E-state index contributed by atoms with van der Waals surface area (Å²) in [5.41, 5.74) is 3.88. The van der Waals surface area contributed by atoms with Crippen LogP contribution in [0, 0.1) is 13.8 Å². The van der Waals surface area contributed by atoms with E-state index >= 15 is 0 Å². The number of nitrogens with zero attached hydrogens (tertiary/aromatic N) is 2. The second-order valence-electron chi connectivity index (χ2n) is 6.01. The Morgan fingerprint density at radius 1 is 1.33 bits per heavy atom. The fraction of sp³-hybridized carbons (Fsp3) is 0.222. The van der Waals surface area contributed by atoms with Crippen LogP contribution < -0.4 is 5.32 Å². The minimum absolute atomic E-state index is 0.0141. The number of nitrogens with one attached hydrogen (secondary N) is 1. The summed E-state index contributed by atoms with van der Waals surface area (Å²) >= 11 is 7.94. The number of rotatable bonds is 2. The van der Waals surface area contributed by atoms with Crippen LogP contribution in [0.4, 0.5) is 5.82 Å². The van der Waals surface area contributed by atoms with Crippen LogP contribution in [0.5, 0.6) is 0 Å². The summed E-state index contributed by atoms with van der Waals surface area (Å²) in [6.45, 7) is 3.95. The largest absolute Gasteiger partial charge is 0.310 e. The standard InChI is InChI=1S/C18H16ClN3OS/c1-10-5-6-12(8-14(10)19)22-18-17(11(2)21-22)13(9-16(23)20-18)15-4-3-7-24-15/h3-8,13H,9H2,1-2H3,(H,20,23). The van der Waals surface area contributed by atoms with Crippen LogP contribution in [0.15, 0.2) is 35.7 Å². The quantitative estimate of drug-likeness (QED) is 0.724. The molecule has 4 rings (SSSR count). The number of carbonyl (C=O) groups is 1. The highest BCUT2D eigenvalue weighted by molar-refractivity contribution is 7.10. The SMILES string of the molecule is Cc1ccc(-n2nc(C)c3c2NC(=O)CC3c2cccs2)cc1Cl. The van der Waals surface area contributed by atoms with E-state index in [1.807, 2.05) is 43.5 Å². The van der Waals surface area contributed by atoms with Crippen molar-refractivity contribution in [3.8, 4) is 5.69 Å². The maximum absolute atomic E-state index is 12.3. The lowest BCUT2D eigenvalue weighted by Gasteiger charge is -2.23. The maximum Gasteiger partial charge on any atom is 0.226 e. The Kier molecular flexibility index (Phi) is 3.70. The van der Waals surface area contributed by atoms with Gasteiger partial charge in [0.2, 0.25) is 5.91 Å². The molecule has 1 aliphatic rings. The Morgan fingerprint density at radius 2 is 2.17 bits per heavy atom. The molecular weight excluding hydrogens is 342 g/mol. The number of aromatic nitrogens is 2. The smallest absolute Gasteiger partial charge is 0.226 e. The van der Waals surface area contributed by atoms with E-state index in [0.29, 0.717) is 11.4 Å². The molecule has 122 valence electrons. The molecule has 3 heterocycles. The van der Waals surface area contributed by atoms with Gasteiger partial charge >= 0.3 is 0 Å². The van der Waals surface area contributed by atoms with Gasteiger partial charge in [-0.2, -0.15) is 5.10 Å². The number of hydrogen-bond acceptors (Lipinski definition) is 3. The van der Waals surface area contributed by atoms with E-state index < -0.39 is 0 Å². The van der Waals surface area contributed by atoms with Gasteiger partial charge in [-0.1, -0.05) is 23.7 Å². The first-order chi connectivity index (χ1) is 11.5. The molecule has 1 N–H and O–H groups in total. The zero-order valence-corrected chi connectivity index (χ0v) is 14.9. The van der Waals surface area contributed by atoms with E-state index in [-0.39, 0.29) is 11.8 Å². The average Bonchev–Trinajstić information content (AvgIpc) is 3.18. The second kappa shape index (κ2) is 5.76. The van der Waals surface area contributed by atoms with Crippen LogP contribution in [0.2, 0.25) is 5.02 Å². The van der Waals surface area contributed by atoms with Gasteiger partial charge in [-0.25, -0.2) is 4.68 Å². The van der Waals surface area contributed by atoms with E-state index in [1.165, 1.54) is 4.88 Å². The van der Waals surface area contributed by atoms with Gasteiger partial charge < -0.3 is 5.32 Å². The lowest BCUT2D eigenvalue weighted by Crippen LogP contribution is -2.24. The number of carbonyl (C=O) groups excluding carboxylic acids is 1. The van der Waals surface area contributed by atoms with E-state index in [2.05, 4.69) is 16.5 Å². The van der Waals surface area contributed by atoms with Crippen LogP contribution in [0.1, 0.15) is 34.0 Å². The van der Waals surface area contributed by atoms with Gasteiger partial charge in [0.15, 0.2) is 0 Å². The van der Waals surface area contributed by atoms with Crippen molar-refractivity contribution >= 4 is 34.7 Å². The molecule has 3 aromatic rings. The molecule has 0 saturated carbocycles. The third kappa shape index (κ3) is 2.44. The minimum Gasteiger partial charge on any atom is -0.310 e. The predicted molar refractivity (Wildman–Crippen MR) is 97.5 cm³/mol. The van der Waals surface area contributed by atoms with Crippen LogP contribution in [0.25, 0.3) is 5.69 Å². The molecule has 0 radical (unpaired) electrons. The van der Waals surface area contributed by atoms with Crippen molar-refractivity contribution in [3.05, 3.63) is 62.4 Å². The summed E-state index contributed by atoms with van der Waals surface area (Å²) in [5.74, 6) is 0.825. The summed E-state index contributed by atoms with van der Waals surface area (Å²) in [5, 5.41) is 10.4. The molecule has 0 fully saturated rings. The number of aryl methyl sites for hydroxylation is 2. The fourth-order valence-corrected chi connectivity index (χ4v) is 4.19. The third-order valence-corrected chi connectivity index (χ3v) is 5.78.